The molecule has 1 fully saturated rings. The number of carbonyl (C=O) groups is 1. The second-order valence-corrected chi connectivity index (χ2v) is 4.41. The average molecular weight is 208 g/mol. The van der Waals surface area contributed by atoms with Gasteiger partial charge in [0, 0.05) is 6.20 Å². The minimum atomic E-state index is -0.947. The lowest BCUT2D eigenvalue weighted by Crippen LogP contribution is -2.18. The van der Waals surface area contributed by atoms with Gasteiger partial charge in [-0.1, -0.05) is 19.8 Å². The Balaban J connectivity index is 2.11. The monoisotopic (exact) mass is 208 g/mol. The summed E-state index contributed by atoms with van der Waals surface area (Å²) in [5.74, 6) is -0.223. The van der Waals surface area contributed by atoms with Crippen molar-refractivity contribution in [3.8, 4) is 0 Å². The van der Waals surface area contributed by atoms with Crippen molar-refractivity contribution < 1.29 is 9.90 Å². The lowest BCUT2D eigenvalue weighted by atomic mass is 9.87. The zero-order valence-electron chi connectivity index (χ0n) is 8.89. The molecule has 2 unspecified atom stereocenters. The Kier molecular flexibility index (Phi) is 2.75. The molecule has 0 amide bonds. The highest BCUT2D eigenvalue weighted by Crippen LogP contribution is 2.31. The highest BCUT2D eigenvalue weighted by Gasteiger charge is 2.21. The molecule has 82 valence electrons. The number of aromatic nitrogens is 2. The van der Waals surface area contributed by atoms with E-state index in [4.69, 9.17) is 5.11 Å². The summed E-state index contributed by atoms with van der Waals surface area (Å²) >= 11 is 0. The fourth-order valence-corrected chi connectivity index (χ4v) is 2.30. The van der Waals surface area contributed by atoms with Crippen LogP contribution in [0.4, 0.5) is 0 Å². The van der Waals surface area contributed by atoms with Crippen LogP contribution in [-0.4, -0.2) is 20.9 Å². The van der Waals surface area contributed by atoms with E-state index in [1.54, 1.807) is 12.3 Å². The van der Waals surface area contributed by atoms with Gasteiger partial charge in [0.2, 0.25) is 0 Å². The van der Waals surface area contributed by atoms with Gasteiger partial charge in [0.25, 0.3) is 0 Å². The van der Waals surface area contributed by atoms with Crippen LogP contribution in [0.25, 0.3) is 0 Å². The Morgan fingerprint density at radius 2 is 2.40 bits per heavy atom. The number of rotatable bonds is 2. The third-order valence-electron chi connectivity index (χ3n) is 3.11. The molecule has 15 heavy (non-hydrogen) atoms. The van der Waals surface area contributed by atoms with E-state index in [-0.39, 0.29) is 5.69 Å². The first kappa shape index (κ1) is 10.2. The first-order valence-corrected chi connectivity index (χ1v) is 5.45. The van der Waals surface area contributed by atoms with Crippen molar-refractivity contribution in [3.63, 3.8) is 0 Å². The molecule has 2 atom stereocenters. The van der Waals surface area contributed by atoms with Crippen molar-refractivity contribution in [2.75, 3.05) is 0 Å². The van der Waals surface area contributed by atoms with Crippen LogP contribution < -0.4 is 0 Å². The summed E-state index contributed by atoms with van der Waals surface area (Å²) < 4.78 is 1.82. The van der Waals surface area contributed by atoms with Crippen molar-refractivity contribution in [1.82, 2.24) is 9.78 Å². The predicted octanol–water partition coefficient (Wildman–Crippen LogP) is 2.33. The van der Waals surface area contributed by atoms with Crippen molar-refractivity contribution in [2.24, 2.45) is 5.92 Å². The molecular weight excluding hydrogens is 192 g/mol. The van der Waals surface area contributed by atoms with Crippen LogP contribution in [0.2, 0.25) is 0 Å². The third-order valence-corrected chi connectivity index (χ3v) is 3.11. The van der Waals surface area contributed by atoms with E-state index in [1.807, 2.05) is 4.68 Å². The molecule has 0 radical (unpaired) electrons. The van der Waals surface area contributed by atoms with E-state index >= 15 is 0 Å². The molecule has 2 rings (SSSR count). The quantitative estimate of drug-likeness (QED) is 0.811. The molecule has 1 aliphatic rings. The van der Waals surface area contributed by atoms with Crippen LogP contribution in [0.1, 0.15) is 49.1 Å². The van der Waals surface area contributed by atoms with Crippen LogP contribution in [0.3, 0.4) is 0 Å². The minimum absolute atomic E-state index is 0.147. The van der Waals surface area contributed by atoms with Gasteiger partial charge in [-0.3, -0.25) is 4.68 Å². The number of nitrogens with zero attached hydrogens (tertiary/aromatic N) is 2. The molecule has 4 nitrogen and oxygen atoms in total. The zero-order valence-corrected chi connectivity index (χ0v) is 8.89. The van der Waals surface area contributed by atoms with Gasteiger partial charge < -0.3 is 5.11 Å². The summed E-state index contributed by atoms with van der Waals surface area (Å²) in [7, 11) is 0. The molecule has 1 aromatic heterocycles. The molecule has 1 N–H and O–H groups in total. The maximum Gasteiger partial charge on any atom is 0.356 e. The molecule has 0 saturated heterocycles. The third kappa shape index (κ3) is 2.19. The maximum atomic E-state index is 10.7. The minimum Gasteiger partial charge on any atom is -0.476 e. The molecule has 0 spiro atoms. The van der Waals surface area contributed by atoms with E-state index in [2.05, 4.69) is 12.0 Å². The topological polar surface area (TPSA) is 55.1 Å². The fourth-order valence-electron chi connectivity index (χ4n) is 2.30. The largest absolute Gasteiger partial charge is 0.476 e. The average Bonchev–Trinajstić information content (AvgIpc) is 2.66. The summed E-state index contributed by atoms with van der Waals surface area (Å²) in [5.41, 5.74) is 0.147. The molecule has 0 aromatic carbocycles. The summed E-state index contributed by atoms with van der Waals surface area (Å²) in [6, 6.07) is 1.96. The Hall–Kier alpha value is -1.32. The second kappa shape index (κ2) is 4.04. The van der Waals surface area contributed by atoms with E-state index in [1.165, 1.54) is 12.8 Å². The van der Waals surface area contributed by atoms with Gasteiger partial charge in [0.15, 0.2) is 5.69 Å². The van der Waals surface area contributed by atoms with Crippen LogP contribution in [0.15, 0.2) is 12.3 Å². The molecule has 0 bridgehead atoms. The van der Waals surface area contributed by atoms with Gasteiger partial charge in [-0.15, -0.1) is 0 Å². The fraction of sp³-hybridized carbons (Fsp3) is 0.636. The smallest absolute Gasteiger partial charge is 0.356 e. The maximum absolute atomic E-state index is 10.7. The Bertz CT molecular complexity index is 359. The first-order chi connectivity index (χ1) is 7.16. The van der Waals surface area contributed by atoms with Crippen molar-refractivity contribution in [1.29, 1.82) is 0 Å². The molecule has 1 saturated carbocycles. The van der Waals surface area contributed by atoms with Crippen molar-refractivity contribution in [3.05, 3.63) is 18.0 Å². The summed E-state index contributed by atoms with van der Waals surface area (Å²) in [4.78, 5) is 10.7. The molecule has 1 heterocycles. The van der Waals surface area contributed by atoms with Crippen LogP contribution in [0, 0.1) is 5.92 Å². The van der Waals surface area contributed by atoms with Gasteiger partial charge in [-0.2, -0.15) is 5.10 Å². The highest BCUT2D eigenvalue weighted by molar-refractivity contribution is 5.85. The SMILES string of the molecule is CC1CCCC(n2ccc(C(=O)O)n2)C1. The molecule has 1 aliphatic carbocycles. The van der Waals surface area contributed by atoms with Gasteiger partial charge in [-0.05, 0) is 24.8 Å². The Morgan fingerprint density at radius 3 is 3.00 bits per heavy atom. The van der Waals surface area contributed by atoms with Crippen LogP contribution in [-0.2, 0) is 0 Å². The lowest BCUT2D eigenvalue weighted by Gasteiger charge is -2.26. The normalized spacial score (nSPS) is 26.5. The van der Waals surface area contributed by atoms with E-state index in [0.29, 0.717) is 6.04 Å². The van der Waals surface area contributed by atoms with Crippen molar-refractivity contribution >= 4 is 5.97 Å². The van der Waals surface area contributed by atoms with Gasteiger partial charge in [-0.25, -0.2) is 4.79 Å². The lowest BCUT2D eigenvalue weighted by molar-refractivity contribution is 0.0688. The summed E-state index contributed by atoms with van der Waals surface area (Å²) in [6.45, 7) is 2.24. The predicted molar refractivity (Wildman–Crippen MR) is 55.9 cm³/mol. The van der Waals surface area contributed by atoms with Crippen LogP contribution >= 0.6 is 0 Å². The van der Waals surface area contributed by atoms with Crippen LogP contribution in [0.5, 0.6) is 0 Å². The van der Waals surface area contributed by atoms with Gasteiger partial charge in [0.05, 0.1) is 6.04 Å². The number of carboxylic acids is 1. The number of carboxylic acid groups (broad SMARTS) is 1. The Labute approximate surface area is 88.9 Å². The standard InChI is InChI=1S/C11H16N2O2/c1-8-3-2-4-9(7-8)13-6-5-10(12-13)11(14)15/h5-6,8-9H,2-4,7H2,1H3,(H,14,15). The molecular formula is C11H16N2O2. The first-order valence-electron chi connectivity index (χ1n) is 5.45. The summed E-state index contributed by atoms with van der Waals surface area (Å²) in [5, 5.41) is 12.9. The highest BCUT2D eigenvalue weighted by atomic mass is 16.4. The second-order valence-electron chi connectivity index (χ2n) is 4.41. The van der Waals surface area contributed by atoms with Gasteiger partial charge >= 0.3 is 5.97 Å². The number of aromatic carboxylic acids is 1. The van der Waals surface area contributed by atoms with E-state index < -0.39 is 5.97 Å². The Morgan fingerprint density at radius 1 is 1.60 bits per heavy atom. The zero-order chi connectivity index (χ0) is 10.8. The molecule has 1 aromatic rings. The number of hydrogen-bond acceptors (Lipinski definition) is 2. The van der Waals surface area contributed by atoms with E-state index in [9.17, 15) is 4.79 Å². The number of hydrogen-bond donors (Lipinski definition) is 1. The summed E-state index contributed by atoms with van der Waals surface area (Å²) in [6.07, 6.45) is 6.51. The van der Waals surface area contributed by atoms with E-state index in [0.717, 1.165) is 18.8 Å². The van der Waals surface area contributed by atoms with Crippen molar-refractivity contribution in [2.45, 2.75) is 38.6 Å². The van der Waals surface area contributed by atoms with Gasteiger partial charge in [0.1, 0.15) is 0 Å². The molecule has 4 heteroatoms. The molecule has 0 aliphatic heterocycles.